The van der Waals surface area contributed by atoms with E-state index < -0.39 is 5.91 Å². The van der Waals surface area contributed by atoms with Crippen molar-refractivity contribution in [2.24, 2.45) is 5.73 Å². The highest BCUT2D eigenvalue weighted by molar-refractivity contribution is 6.00. The van der Waals surface area contributed by atoms with Crippen LogP contribution in [0.5, 0.6) is 46.0 Å². The number of carbonyl (C=O) groups excluding carboxylic acids is 4. The Bertz CT molecular complexity index is 3680. The molecular formula is C64H56N8O10. The van der Waals surface area contributed by atoms with Crippen LogP contribution in [0.3, 0.4) is 0 Å². The van der Waals surface area contributed by atoms with Crippen LogP contribution in [0.4, 0.5) is 17.1 Å². The van der Waals surface area contributed by atoms with Crippen LogP contribution in [0.2, 0.25) is 0 Å². The van der Waals surface area contributed by atoms with E-state index in [1.54, 1.807) is 115 Å². The van der Waals surface area contributed by atoms with E-state index in [0.29, 0.717) is 95.3 Å². The fraction of sp³-hybridized carbons (Fsp3) is 0.188. The summed E-state index contributed by atoms with van der Waals surface area (Å²) in [5.74, 6) is 3.03. The van der Waals surface area contributed by atoms with Gasteiger partial charge >= 0.3 is 0 Å². The minimum Gasteiger partial charge on any atom is -0.497 e. The van der Waals surface area contributed by atoms with E-state index in [-0.39, 0.29) is 41.5 Å². The Labute approximate surface area is 474 Å². The molecule has 2 fully saturated rings. The molecule has 0 aliphatic carbocycles. The lowest BCUT2D eigenvalue weighted by molar-refractivity contribution is -0.118. The maximum Gasteiger partial charge on any atom is 0.256 e. The minimum atomic E-state index is -0.600. The highest BCUT2D eigenvalue weighted by atomic mass is 16.5. The molecule has 10 rings (SSSR count). The van der Waals surface area contributed by atoms with Crippen LogP contribution < -0.4 is 44.0 Å². The molecule has 2 aromatic heterocycles. The Hall–Kier alpha value is -10.7. The smallest absolute Gasteiger partial charge is 0.256 e. The number of ether oxygens (including phenoxy) is 6. The third-order valence-electron chi connectivity index (χ3n) is 14.0. The molecule has 2 N–H and O–H groups in total. The lowest BCUT2D eigenvalue weighted by atomic mass is 9.98. The molecule has 0 bridgehead atoms. The molecule has 8 aromatic rings. The van der Waals surface area contributed by atoms with Crippen LogP contribution in [-0.4, -0.2) is 80.0 Å². The first-order valence-electron chi connectivity index (χ1n) is 25.9. The van der Waals surface area contributed by atoms with E-state index in [1.807, 2.05) is 72.8 Å². The summed E-state index contributed by atoms with van der Waals surface area (Å²) in [5, 5.41) is 9.33. The topological polar surface area (TPSA) is 213 Å². The number of hydrogen-bond donors (Lipinski definition) is 1. The van der Waals surface area contributed by atoms with Crippen LogP contribution in [0.1, 0.15) is 73.2 Å². The standard InChI is InChI=1S/C40H36N4O6.C24H20N4O4/c1-41-35-7-5-6-8-36(35)50-38-20-29(13-18-37(38)49-4)31-21-39(45)44(26-31)32-19-30(22-42-23-32)40(46)43(24-27-9-14-33(47-2)15-10-27)25-28-11-16-34(48-3)17-12-28;1-31-21-7-6-15(9-22(21)32-20-5-3-2-4-16(20)11-25)18-10-23(29)28(14-18)19-8-17(24(26)30)12-27-13-19/h5-20,22-23,31H,21,24-26H2,2-4H3;2-9,12-13,18H,10,14H2,1H3,(H2,26,30)/t31-;18-/m00/s1. The molecule has 18 nitrogen and oxygen atoms in total. The number of nitriles is 1. The highest BCUT2D eigenvalue weighted by Crippen LogP contribution is 2.42. The molecule has 4 heterocycles. The minimum absolute atomic E-state index is 0.0773. The number of amides is 4. The second-order valence-corrected chi connectivity index (χ2v) is 19.1. The average molecular weight is 1100 g/mol. The van der Waals surface area contributed by atoms with Crippen molar-refractivity contribution in [1.29, 1.82) is 5.26 Å². The predicted octanol–water partition coefficient (Wildman–Crippen LogP) is 11.2. The molecule has 0 spiro atoms. The van der Waals surface area contributed by atoms with Crippen molar-refractivity contribution in [3.8, 4) is 52.1 Å². The summed E-state index contributed by atoms with van der Waals surface area (Å²) in [5.41, 5.74) is 11.5. The highest BCUT2D eigenvalue weighted by Gasteiger charge is 2.35. The number of para-hydroxylation sites is 3. The van der Waals surface area contributed by atoms with Crippen LogP contribution >= 0.6 is 0 Å². The number of anilines is 2. The molecule has 0 radical (unpaired) electrons. The first kappa shape index (κ1) is 56.0. The lowest BCUT2D eigenvalue weighted by Crippen LogP contribution is -2.31. The number of primary amides is 1. The van der Waals surface area contributed by atoms with Crippen LogP contribution in [0.15, 0.2) is 170 Å². The number of benzene rings is 6. The quantitative estimate of drug-likeness (QED) is 0.0793. The number of aromatic nitrogens is 2. The summed E-state index contributed by atoms with van der Waals surface area (Å²) in [4.78, 5) is 68.7. The van der Waals surface area contributed by atoms with Crippen LogP contribution in [0, 0.1) is 17.9 Å². The van der Waals surface area contributed by atoms with Gasteiger partial charge in [0.1, 0.15) is 29.1 Å². The molecule has 0 unspecified atom stereocenters. The van der Waals surface area contributed by atoms with Crippen molar-refractivity contribution in [2.45, 2.75) is 37.8 Å². The summed E-state index contributed by atoms with van der Waals surface area (Å²) >= 11 is 0. The molecule has 0 saturated carbocycles. The molecular weight excluding hydrogens is 1040 g/mol. The maximum absolute atomic E-state index is 14.1. The van der Waals surface area contributed by atoms with Gasteiger partial charge in [-0.25, -0.2) is 4.85 Å². The molecule has 412 valence electrons. The van der Waals surface area contributed by atoms with Gasteiger partial charge in [-0.1, -0.05) is 66.7 Å². The van der Waals surface area contributed by atoms with Gasteiger partial charge in [0.05, 0.1) is 75.5 Å². The Morgan fingerprint density at radius 3 is 1.56 bits per heavy atom. The number of nitrogens with two attached hydrogens (primary N) is 1. The molecule has 2 atom stereocenters. The lowest BCUT2D eigenvalue weighted by Gasteiger charge is -2.24. The monoisotopic (exact) mass is 1100 g/mol. The van der Waals surface area contributed by atoms with E-state index in [4.69, 9.17) is 40.7 Å². The van der Waals surface area contributed by atoms with Gasteiger partial charge in [-0.3, -0.25) is 29.1 Å². The number of carbonyl (C=O) groups is 4. The van der Waals surface area contributed by atoms with Crippen molar-refractivity contribution >= 4 is 40.7 Å². The van der Waals surface area contributed by atoms with Gasteiger partial charge in [0, 0.05) is 63.3 Å². The average Bonchev–Trinajstić information content (AvgIpc) is 4.30. The molecule has 2 aliphatic rings. The van der Waals surface area contributed by atoms with Gasteiger partial charge in [0.2, 0.25) is 23.4 Å². The van der Waals surface area contributed by atoms with E-state index in [9.17, 15) is 24.4 Å². The molecule has 6 aromatic carbocycles. The summed E-state index contributed by atoms with van der Waals surface area (Å²) in [7, 11) is 6.32. The zero-order chi connectivity index (χ0) is 57.7. The first-order chi connectivity index (χ1) is 39.9. The Kier molecular flexibility index (Phi) is 17.6. The van der Waals surface area contributed by atoms with Gasteiger partial charge in [-0.05, 0) is 101 Å². The molecule has 2 saturated heterocycles. The fourth-order valence-electron chi connectivity index (χ4n) is 9.62. The van der Waals surface area contributed by atoms with Gasteiger partial charge in [-0.15, -0.1) is 0 Å². The molecule has 18 heteroatoms. The Morgan fingerprint density at radius 2 is 1.07 bits per heavy atom. The number of rotatable bonds is 18. The second-order valence-electron chi connectivity index (χ2n) is 19.1. The number of hydrogen-bond acceptors (Lipinski definition) is 13. The van der Waals surface area contributed by atoms with E-state index in [1.165, 1.54) is 25.7 Å². The summed E-state index contributed by atoms with van der Waals surface area (Å²) < 4.78 is 33.7. The first-order valence-corrected chi connectivity index (χ1v) is 25.9. The van der Waals surface area contributed by atoms with Crippen LogP contribution in [0.25, 0.3) is 4.85 Å². The normalized spacial score (nSPS) is 14.4. The van der Waals surface area contributed by atoms with E-state index in [2.05, 4.69) is 20.9 Å². The second kappa shape index (κ2) is 25.8. The van der Waals surface area contributed by atoms with Crippen molar-refractivity contribution < 1.29 is 47.6 Å². The largest absolute Gasteiger partial charge is 0.497 e. The fourth-order valence-corrected chi connectivity index (χ4v) is 9.62. The Balaban J connectivity index is 0.000000218. The predicted molar refractivity (Wildman–Crippen MR) is 306 cm³/mol. The van der Waals surface area contributed by atoms with Gasteiger partial charge < -0.3 is 48.9 Å². The van der Waals surface area contributed by atoms with Gasteiger partial charge in [-0.2, -0.15) is 5.26 Å². The summed E-state index contributed by atoms with van der Waals surface area (Å²) in [6.45, 7) is 9.00. The third-order valence-corrected chi connectivity index (χ3v) is 14.0. The summed E-state index contributed by atoms with van der Waals surface area (Å²) in [6, 6.07) is 45.6. The number of pyridine rings is 2. The van der Waals surface area contributed by atoms with E-state index >= 15 is 0 Å². The van der Waals surface area contributed by atoms with E-state index in [0.717, 1.165) is 33.8 Å². The maximum atomic E-state index is 14.1. The van der Waals surface area contributed by atoms with Crippen molar-refractivity contribution in [2.75, 3.05) is 51.3 Å². The molecule has 82 heavy (non-hydrogen) atoms. The van der Waals surface area contributed by atoms with Crippen LogP contribution in [-0.2, 0) is 22.7 Å². The van der Waals surface area contributed by atoms with Crippen molar-refractivity contribution in [3.63, 3.8) is 0 Å². The van der Waals surface area contributed by atoms with Gasteiger partial charge in [0.15, 0.2) is 23.0 Å². The SMILES string of the molecule is COc1ccc([C@H]2CC(=O)N(c3cncc(C(N)=O)c3)C2)cc1Oc1ccccc1C#N.[C-]#[N+]c1ccccc1Oc1cc([C@H]2CC(=O)N(c3cncc(C(=O)N(Cc4ccc(OC)cc4)Cc4ccc(OC)cc4)c3)C2)ccc1OC. The molecule has 4 amide bonds. The Morgan fingerprint density at radius 1 is 0.598 bits per heavy atom. The van der Waals surface area contributed by atoms with Crippen molar-refractivity contribution in [3.05, 3.63) is 221 Å². The molecule has 2 aliphatic heterocycles. The third kappa shape index (κ3) is 13.1. The number of nitrogens with zero attached hydrogens (tertiary/aromatic N) is 7. The zero-order valence-electron chi connectivity index (χ0n) is 45.4. The van der Waals surface area contributed by atoms with Gasteiger partial charge in [0.25, 0.3) is 5.91 Å². The number of methoxy groups -OCH3 is 4. The summed E-state index contributed by atoms with van der Waals surface area (Å²) in [6.07, 6.45) is 6.61. The van der Waals surface area contributed by atoms with Crippen molar-refractivity contribution in [1.82, 2.24) is 14.9 Å². The zero-order valence-corrected chi connectivity index (χ0v) is 45.4.